The van der Waals surface area contributed by atoms with Crippen LogP contribution in [0.2, 0.25) is 5.02 Å². The van der Waals surface area contributed by atoms with Gasteiger partial charge in [-0.15, -0.1) is 0 Å². The molecule has 0 unspecified atom stereocenters. The molecule has 6 heteroatoms. The molecule has 0 spiro atoms. The van der Waals surface area contributed by atoms with E-state index in [0.29, 0.717) is 5.02 Å². The first-order valence-electron chi connectivity index (χ1n) is 7.71. The molecule has 2 rings (SSSR count). The average molecular weight is 313 g/mol. The molecule has 21 heavy (non-hydrogen) atoms. The molecule has 2 heterocycles. The lowest BCUT2D eigenvalue weighted by molar-refractivity contribution is 0.377. The van der Waals surface area contributed by atoms with Crippen LogP contribution in [0.25, 0.3) is 0 Å². The summed E-state index contributed by atoms with van der Waals surface area (Å²) in [6.45, 7) is 6.81. The highest BCUT2D eigenvalue weighted by Gasteiger charge is 2.22. The molecule has 0 bridgehead atoms. The van der Waals surface area contributed by atoms with Crippen LogP contribution in [0.5, 0.6) is 0 Å². The van der Waals surface area contributed by atoms with Crippen LogP contribution in [0.1, 0.15) is 39.2 Å². The van der Waals surface area contributed by atoms with Gasteiger partial charge in [0.2, 0.25) is 0 Å². The van der Waals surface area contributed by atoms with E-state index in [-0.39, 0.29) is 11.6 Å². The van der Waals surface area contributed by atoms with Crippen molar-refractivity contribution >= 4 is 17.3 Å². The molecule has 1 N–H and O–H groups in total. The van der Waals surface area contributed by atoms with E-state index >= 15 is 0 Å². The maximum atomic E-state index is 12.2. The van der Waals surface area contributed by atoms with E-state index < -0.39 is 0 Å². The van der Waals surface area contributed by atoms with Gasteiger partial charge in [-0.3, -0.25) is 4.79 Å². The topological polar surface area (TPSA) is 50.2 Å². The van der Waals surface area contributed by atoms with Crippen molar-refractivity contribution in [2.45, 2.75) is 39.2 Å². The number of nitrogens with zero attached hydrogens (tertiary/aromatic N) is 3. The second-order valence-corrected chi connectivity index (χ2v) is 6.39. The lowest BCUT2D eigenvalue weighted by Gasteiger charge is -2.33. The van der Waals surface area contributed by atoms with E-state index in [9.17, 15) is 4.79 Å². The van der Waals surface area contributed by atoms with Gasteiger partial charge in [0.1, 0.15) is 5.02 Å². The standard InChI is InChI=1S/C15H25ClN4O/c1-11(2)20-15(21)14(16)13(10-18-20)19-8-5-12(6-9-19)4-7-17-3/h10-12,17H,4-9H2,1-3H3. The molecule has 1 aliphatic heterocycles. The predicted molar refractivity (Wildman–Crippen MR) is 87.4 cm³/mol. The number of hydrogen-bond acceptors (Lipinski definition) is 4. The van der Waals surface area contributed by atoms with Crippen molar-refractivity contribution in [3.63, 3.8) is 0 Å². The first kappa shape index (κ1) is 16.3. The maximum Gasteiger partial charge on any atom is 0.287 e. The molecule has 1 fully saturated rings. The van der Waals surface area contributed by atoms with Crippen LogP contribution < -0.4 is 15.8 Å². The molecule has 5 nitrogen and oxygen atoms in total. The molecule has 1 aromatic heterocycles. The molecular weight excluding hydrogens is 288 g/mol. The summed E-state index contributed by atoms with van der Waals surface area (Å²) in [6, 6.07) is 0.0244. The van der Waals surface area contributed by atoms with Gasteiger partial charge in [-0.2, -0.15) is 5.10 Å². The van der Waals surface area contributed by atoms with Crippen LogP contribution in [-0.2, 0) is 0 Å². The van der Waals surface area contributed by atoms with Crippen LogP contribution in [0.15, 0.2) is 11.0 Å². The van der Waals surface area contributed by atoms with Gasteiger partial charge >= 0.3 is 0 Å². The highest BCUT2D eigenvalue weighted by Crippen LogP contribution is 2.28. The SMILES string of the molecule is CNCCC1CCN(c2cnn(C(C)C)c(=O)c2Cl)CC1. The van der Waals surface area contributed by atoms with Crippen LogP contribution in [0.4, 0.5) is 5.69 Å². The minimum absolute atomic E-state index is 0.0244. The first-order chi connectivity index (χ1) is 10.0. The van der Waals surface area contributed by atoms with Gasteiger partial charge in [-0.05, 0) is 52.6 Å². The smallest absolute Gasteiger partial charge is 0.287 e. The fourth-order valence-corrected chi connectivity index (χ4v) is 3.09. The summed E-state index contributed by atoms with van der Waals surface area (Å²) in [5.41, 5.74) is 0.590. The molecular formula is C15H25ClN4O. The Kier molecular flexibility index (Phi) is 5.65. The number of halogens is 1. The molecule has 1 saturated heterocycles. The molecule has 0 atom stereocenters. The van der Waals surface area contributed by atoms with Crippen LogP contribution in [0, 0.1) is 5.92 Å². The minimum atomic E-state index is -0.193. The molecule has 1 aromatic rings. The van der Waals surface area contributed by atoms with Gasteiger partial charge in [0.05, 0.1) is 17.9 Å². The average Bonchev–Trinajstić information content (AvgIpc) is 2.48. The lowest BCUT2D eigenvalue weighted by Crippen LogP contribution is -2.36. The van der Waals surface area contributed by atoms with E-state index in [0.717, 1.165) is 44.1 Å². The monoisotopic (exact) mass is 312 g/mol. The third kappa shape index (κ3) is 3.77. The summed E-state index contributed by atoms with van der Waals surface area (Å²) >= 11 is 6.27. The molecule has 1 aliphatic rings. The number of hydrogen-bond donors (Lipinski definition) is 1. The van der Waals surface area contributed by atoms with E-state index in [1.54, 1.807) is 6.20 Å². The van der Waals surface area contributed by atoms with Gasteiger partial charge < -0.3 is 10.2 Å². The number of rotatable bonds is 5. The van der Waals surface area contributed by atoms with E-state index in [1.807, 2.05) is 20.9 Å². The highest BCUT2D eigenvalue weighted by atomic mass is 35.5. The van der Waals surface area contributed by atoms with Crippen molar-refractivity contribution < 1.29 is 0 Å². The van der Waals surface area contributed by atoms with Crippen molar-refractivity contribution in [3.8, 4) is 0 Å². The van der Waals surface area contributed by atoms with Gasteiger partial charge in [0.15, 0.2) is 0 Å². The Bertz CT molecular complexity index is 521. The van der Waals surface area contributed by atoms with Crippen molar-refractivity contribution in [2.75, 3.05) is 31.6 Å². The Balaban J connectivity index is 2.07. The maximum absolute atomic E-state index is 12.2. The lowest BCUT2D eigenvalue weighted by atomic mass is 9.93. The zero-order valence-corrected chi connectivity index (χ0v) is 13.9. The van der Waals surface area contributed by atoms with Crippen molar-refractivity contribution in [1.82, 2.24) is 15.1 Å². The van der Waals surface area contributed by atoms with Crippen molar-refractivity contribution in [1.29, 1.82) is 0 Å². The molecule has 0 aliphatic carbocycles. The Labute approximate surface area is 131 Å². The van der Waals surface area contributed by atoms with Gasteiger partial charge in [0, 0.05) is 13.1 Å². The summed E-state index contributed by atoms with van der Waals surface area (Å²) in [5.74, 6) is 0.761. The summed E-state index contributed by atoms with van der Waals surface area (Å²) in [6.07, 6.45) is 5.24. The number of aromatic nitrogens is 2. The largest absolute Gasteiger partial charge is 0.369 e. The minimum Gasteiger partial charge on any atom is -0.369 e. The summed E-state index contributed by atoms with van der Waals surface area (Å²) in [5, 5.41) is 7.75. The number of anilines is 1. The third-order valence-electron chi connectivity index (χ3n) is 4.17. The van der Waals surface area contributed by atoms with Crippen molar-refractivity contribution in [2.24, 2.45) is 5.92 Å². The Morgan fingerprint density at radius 1 is 1.43 bits per heavy atom. The van der Waals surface area contributed by atoms with Crippen LogP contribution in [-0.4, -0.2) is 36.5 Å². The quantitative estimate of drug-likeness (QED) is 0.906. The third-order valence-corrected chi connectivity index (χ3v) is 4.53. The summed E-state index contributed by atoms with van der Waals surface area (Å²) < 4.78 is 1.44. The molecule has 0 radical (unpaired) electrons. The predicted octanol–water partition coefficient (Wildman–Crippen LogP) is 2.30. The highest BCUT2D eigenvalue weighted by molar-refractivity contribution is 6.33. The second-order valence-electron chi connectivity index (χ2n) is 6.01. The zero-order valence-electron chi connectivity index (χ0n) is 13.1. The summed E-state index contributed by atoms with van der Waals surface area (Å²) in [7, 11) is 1.99. The normalized spacial score (nSPS) is 16.7. The van der Waals surface area contributed by atoms with E-state index in [4.69, 9.17) is 11.6 Å². The Morgan fingerprint density at radius 2 is 2.10 bits per heavy atom. The fraction of sp³-hybridized carbons (Fsp3) is 0.733. The first-order valence-corrected chi connectivity index (χ1v) is 8.09. The molecule has 0 saturated carbocycles. The van der Waals surface area contributed by atoms with Gasteiger partial charge in [-0.25, -0.2) is 4.68 Å². The Hall–Kier alpha value is -1.07. The van der Waals surface area contributed by atoms with E-state index in [2.05, 4.69) is 15.3 Å². The summed E-state index contributed by atoms with van der Waals surface area (Å²) in [4.78, 5) is 14.4. The second kappa shape index (κ2) is 7.27. The Morgan fingerprint density at radius 3 is 2.67 bits per heavy atom. The van der Waals surface area contributed by atoms with Gasteiger partial charge in [0.25, 0.3) is 5.56 Å². The number of nitrogens with one attached hydrogen (secondary N) is 1. The molecule has 0 aromatic carbocycles. The van der Waals surface area contributed by atoms with Crippen LogP contribution >= 0.6 is 11.6 Å². The van der Waals surface area contributed by atoms with Crippen molar-refractivity contribution in [3.05, 3.63) is 21.6 Å². The fourth-order valence-electron chi connectivity index (χ4n) is 2.84. The van der Waals surface area contributed by atoms with Crippen LogP contribution in [0.3, 0.4) is 0 Å². The van der Waals surface area contributed by atoms with Gasteiger partial charge in [-0.1, -0.05) is 11.6 Å². The molecule has 118 valence electrons. The zero-order chi connectivity index (χ0) is 15.4. The van der Waals surface area contributed by atoms with E-state index in [1.165, 1.54) is 11.1 Å². The number of piperidine rings is 1. The molecule has 0 amide bonds.